The number of carbonyl (C=O) groups excluding carboxylic acids is 2. The summed E-state index contributed by atoms with van der Waals surface area (Å²) in [5.41, 5.74) is 3.75. The fourth-order valence-corrected chi connectivity index (χ4v) is 2.13. The molecule has 3 N–H and O–H groups in total. The average molecular weight is 345 g/mol. The minimum atomic E-state index is -1.08. The van der Waals surface area contributed by atoms with E-state index in [1.807, 2.05) is 6.07 Å². The van der Waals surface area contributed by atoms with Crippen molar-refractivity contribution in [2.45, 2.75) is 12.8 Å². The number of aromatic nitrogens is 4. The minimum absolute atomic E-state index is 0.00812. The predicted octanol–water partition coefficient (Wildman–Crippen LogP) is 0.716. The number of anilines is 1. The number of nitrogens with two attached hydrogens (primary N) is 1. The summed E-state index contributed by atoms with van der Waals surface area (Å²) in [5, 5.41) is 18.7. The highest BCUT2D eigenvalue weighted by Gasteiger charge is 2.50. The van der Waals surface area contributed by atoms with Gasteiger partial charge in [0, 0.05) is 7.05 Å². The van der Waals surface area contributed by atoms with Crippen LogP contribution < -0.4 is 15.8 Å². The third-order valence-electron chi connectivity index (χ3n) is 3.71. The molecule has 1 saturated carbocycles. The van der Waals surface area contributed by atoms with Crippen molar-refractivity contribution in [1.82, 2.24) is 20.0 Å². The zero-order valence-electron chi connectivity index (χ0n) is 13.0. The van der Waals surface area contributed by atoms with Gasteiger partial charge in [0.2, 0.25) is 11.9 Å². The molecule has 1 aliphatic carbocycles. The Hall–Kier alpha value is -3.55. The first-order valence-corrected chi connectivity index (χ1v) is 7.13. The number of carbonyl (C=O) groups is 2. The summed E-state index contributed by atoms with van der Waals surface area (Å²) in [6, 6.07) is 4.55. The van der Waals surface area contributed by atoms with Gasteiger partial charge in [-0.2, -0.15) is 9.65 Å². The van der Waals surface area contributed by atoms with Gasteiger partial charge in [0.1, 0.15) is 5.41 Å². The minimum Gasteiger partial charge on any atom is -0.389 e. The number of hydrogen-bond acceptors (Lipinski definition) is 7. The van der Waals surface area contributed by atoms with Gasteiger partial charge in [-0.15, -0.1) is 5.10 Å². The van der Waals surface area contributed by atoms with Crippen LogP contribution in [0, 0.1) is 22.7 Å². The van der Waals surface area contributed by atoms with E-state index in [1.165, 1.54) is 19.2 Å². The van der Waals surface area contributed by atoms with E-state index >= 15 is 0 Å². The Labute approximate surface area is 140 Å². The van der Waals surface area contributed by atoms with Gasteiger partial charge in [-0.1, -0.05) is 5.21 Å². The highest BCUT2D eigenvalue weighted by atomic mass is 19.1. The summed E-state index contributed by atoms with van der Waals surface area (Å²) in [6.45, 7) is 0. The van der Waals surface area contributed by atoms with Crippen molar-refractivity contribution >= 4 is 17.7 Å². The number of nitrogens with zero attached hydrogens (tertiary/aromatic N) is 5. The second-order valence-electron chi connectivity index (χ2n) is 5.47. The maximum Gasteiger partial charge on any atom is 0.411 e. The normalized spacial score (nSPS) is 14.4. The van der Waals surface area contributed by atoms with Gasteiger partial charge >= 0.3 is 6.09 Å². The van der Waals surface area contributed by atoms with E-state index in [0.717, 1.165) is 4.68 Å². The number of aryl methyl sites for hydroxylation is 1. The van der Waals surface area contributed by atoms with Gasteiger partial charge in [-0.25, -0.2) is 14.5 Å². The van der Waals surface area contributed by atoms with Crippen LogP contribution in [0.2, 0.25) is 0 Å². The molecule has 1 aliphatic rings. The van der Waals surface area contributed by atoms with Crippen LogP contribution in [0.3, 0.4) is 0 Å². The second-order valence-corrected chi connectivity index (χ2v) is 5.47. The first kappa shape index (κ1) is 16.3. The first-order chi connectivity index (χ1) is 11.9. The molecule has 0 aliphatic heterocycles. The van der Waals surface area contributed by atoms with Crippen LogP contribution in [0.5, 0.6) is 5.88 Å². The summed E-state index contributed by atoms with van der Waals surface area (Å²) in [6.07, 6.45) is -0.201. The summed E-state index contributed by atoms with van der Waals surface area (Å²) < 4.78 is 20.1. The van der Waals surface area contributed by atoms with Crippen molar-refractivity contribution in [3.05, 3.63) is 18.1 Å². The van der Waals surface area contributed by atoms with E-state index < -0.39 is 23.4 Å². The fourth-order valence-electron chi connectivity index (χ4n) is 2.13. The quantitative estimate of drug-likeness (QED) is 0.775. The van der Waals surface area contributed by atoms with Gasteiger partial charge in [-0.3, -0.25) is 4.79 Å². The van der Waals surface area contributed by atoms with E-state index in [4.69, 9.17) is 15.7 Å². The predicted molar refractivity (Wildman–Crippen MR) is 80.3 cm³/mol. The molecule has 0 radical (unpaired) electrons. The van der Waals surface area contributed by atoms with Gasteiger partial charge in [0.15, 0.2) is 5.69 Å². The van der Waals surface area contributed by atoms with Gasteiger partial charge in [0.25, 0.3) is 5.88 Å². The van der Waals surface area contributed by atoms with Crippen molar-refractivity contribution in [1.29, 1.82) is 5.26 Å². The van der Waals surface area contributed by atoms with Crippen LogP contribution in [0.1, 0.15) is 12.8 Å². The molecule has 0 atom stereocenters. The first-order valence-electron chi connectivity index (χ1n) is 7.13. The van der Waals surface area contributed by atoms with Crippen molar-refractivity contribution in [3.8, 4) is 23.3 Å². The lowest BCUT2D eigenvalue weighted by atomic mass is 10.1. The van der Waals surface area contributed by atoms with E-state index in [-0.39, 0.29) is 23.0 Å². The lowest BCUT2D eigenvalue weighted by molar-refractivity contribution is -0.119. The Morgan fingerprint density at radius 1 is 1.48 bits per heavy atom. The molecule has 2 amide bonds. The third kappa shape index (κ3) is 2.97. The Morgan fingerprint density at radius 3 is 2.76 bits per heavy atom. The summed E-state index contributed by atoms with van der Waals surface area (Å²) in [4.78, 5) is 26.6. The molecule has 0 bridgehead atoms. The SMILES string of the molecule is Cn1nnc(-c2ccc(NC(=O)C3(C#N)CC3)c(F)n2)c1OC(N)=O. The average Bonchev–Trinajstić information content (AvgIpc) is 3.29. The molecule has 10 nitrogen and oxygen atoms in total. The number of nitrogens with one attached hydrogen (secondary N) is 1. The Bertz CT molecular complexity index is 914. The van der Waals surface area contributed by atoms with E-state index in [1.54, 1.807) is 0 Å². The molecule has 3 rings (SSSR count). The fraction of sp³-hybridized carbons (Fsp3) is 0.286. The maximum absolute atomic E-state index is 14.2. The van der Waals surface area contributed by atoms with Crippen molar-refractivity contribution in [2.24, 2.45) is 18.2 Å². The van der Waals surface area contributed by atoms with Gasteiger partial charge in [-0.05, 0) is 25.0 Å². The molecule has 25 heavy (non-hydrogen) atoms. The molecule has 1 fully saturated rings. The monoisotopic (exact) mass is 345 g/mol. The van der Waals surface area contributed by atoms with Gasteiger partial charge in [0.05, 0.1) is 17.5 Å². The maximum atomic E-state index is 14.2. The van der Waals surface area contributed by atoms with E-state index in [9.17, 15) is 14.0 Å². The van der Waals surface area contributed by atoms with Crippen LogP contribution in [0.4, 0.5) is 14.9 Å². The molecule has 0 unspecified atom stereocenters. The Kier molecular flexibility index (Phi) is 3.80. The zero-order valence-corrected chi connectivity index (χ0v) is 13.0. The summed E-state index contributed by atoms with van der Waals surface area (Å²) >= 11 is 0. The molecule has 11 heteroatoms. The van der Waals surface area contributed by atoms with Crippen LogP contribution in [0.25, 0.3) is 11.4 Å². The lowest BCUT2D eigenvalue weighted by Crippen LogP contribution is -2.23. The number of hydrogen-bond donors (Lipinski definition) is 2. The topological polar surface area (TPSA) is 149 Å². The number of rotatable bonds is 4. The number of ether oxygens (including phenoxy) is 1. The number of primary amides is 1. The van der Waals surface area contributed by atoms with Crippen molar-refractivity contribution < 1.29 is 18.7 Å². The van der Waals surface area contributed by atoms with Crippen LogP contribution >= 0.6 is 0 Å². The molecule has 0 spiro atoms. The molecular weight excluding hydrogens is 333 g/mol. The standard InChI is InChI=1S/C14H12FN7O3/c1-22-11(25-13(17)24)9(20-21-22)7-2-3-8(10(15)18-7)19-12(23)14(6-16)4-5-14/h2-3H,4-5H2,1H3,(H2,17,24)(H,19,23). The zero-order chi connectivity index (χ0) is 18.2. The molecule has 0 aromatic carbocycles. The summed E-state index contributed by atoms with van der Waals surface area (Å²) in [7, 11) is 1.46. The Balaban J connectivity index is 1.87. The van der Waals surface area contributed by atoms with E-state index in [0.29, 0.717) is 12.8 Å². The second kappa shape index (κ2) is 5.82. The number of amides is 2. The number of nitriles is 1. The molecular formula is C14H12FN7O3. The number of pyridine rings is 1. The van der Waals surface area contributed by atoms with Crippen LogP contribution in [0.15, 0.2) is 12.1 Å². The molecule has 2 aromatic rings. The lowest BCUT2D eigenvalue weighted by Gasteiger charge is -2.09. The van der Waals surface area contributed by atoms with Crippen LogP contribution in [-0.2, 0) is 11.8 Å². The third-order valence-corrected chi connectivity index (χ3v) is 3.71. The largest absolute Gasteiger partial charge is 0.411 e. The Morgan fingerprint density at radius 2 is 2.20 bits per heavy atom. The summed E-state index contributed by atoms with van der Waals surface area (Å²) in [5.74, 6) is -1.64. The van der Waals surface area contributed by atoms with E-state index in [2.05, 4.69) is 20.6 Å². The smallest absolute Gasteiger partial charge is 0.389 e. The molecule has 2 aromatic heterocycles. The van der Waals surface area contributed by atoms with Crippen molar-refractivity contribution in [3.63, 3.8) is 0 Å². The molecule has 0 saturated heterocycles. The highest BCUT2D eigenvalue weighted by molar-refractivity contribution is 5.99. The highest BCUT2D eigenvalue weighted by Crippen LogP contribution is 2.45. The number of halogens is 1. The van der Waals surface area contributed by atoms with Crippen LogP contribution in [-0.4, -0.2) is 32.0 Å². The molecule has 128 valence electrons. The van der Waals surface area contributed by atoms with Crippen molar-refractivity contribution in [2.75, 3.05) is 5.32 Å². The molecule has 2 heterocycles. The van der Waals surface area contributed by atoms with Gasteiger partial charge < -0.3 is 15.8 Å².